The standard InChI is InChI=1S/C19H18N2O5S/c1-9-15(19(24)25-4)10(2)21-16(9)17(22)11(3)26-18(23)12-5-6-13-14(7-12)27-8-20-13/h5-8,11,21H,1-4H3/t11-/m0/s1. The molecule has 0 saturated heterocycles. The molecular formula is C19H18N2O5S. The predicted molar refractivity (Wildman–Crippen MR) is 100 cm³/mol. The van der Waals surface area contributed by atoms with Crippen LogP contribution in [-0.4, -0.2) is 40.9 Å². The van der Waals surface area contributed by atoms with Gasteiger partial charge in [-0.25, -0.2) is 14.6 Å². The zero-order chi connectivity index (χ0) is 19.7. The SMILES string of the molecule is COC(=O)c1c(C)[nH]c(C(=O)[C@H](C)OC(=O)c2ccc3ncsc3c2)c1C. The Balaban J connectivity index is 1.79. The van der Waals surface area contributed by atoms with Gasteiger partial charge in [0.1, 0.15) is 0 Å². The number of hydrogen-bond acceptors (Lipinski definition) is 7. The van der Waals surface area contributed by atoms with Crippen molar-refractivity contribution in [3.05, 3.63) is 51.8 Å². The molecule has 0 radical (unpaired) electrons. The van der Waals surface area contributed by atoms with E-state index in [1.807, 2.05) is 0 Å². The van der Waals surface area contributed by atoms with E-state index < -0.39 is 23.8 Å². The van der Waals surface area contributed by atoms with Crippen LogP contribution in [0.4, 0.5) is 0 Å². The summed E-state index contributed by atoms with van der Waals surface area (Å²) in [6.45, 7) is 4.82. The van der Waals surface area contributed by atoms with Crippen LogP contribution in [0, 0.1) is 13.8 Å². The van der Waals surface area contributed by atoms with Crippen LogP contribution in [0.2, 0.25) is 0 Å². The molecule has 2 aromatic heterocycles. The molecule has 8 heteroatoms. The molecule has 140 valence electrons. The van der Waals surface area contributed by atoms with Crippen LogP contribution in [0.25, 0.3) is 10.2 Å². The summed E-state index contributed by atoms with van der Waals surface area (Å²) >= 11 is 1.42. The van der Waals surface area contributed by atoms with Crippen molar-refractivity contribution in [1.29, 1.82) is 0 Å². The Kier molecular flexibility index (Phi) is 5.09. The lowest BCUT2D eigenvalue weighted by atomic mass is 10.1. The summed E-state index contributed by atoms with van der Waals surface area (Å²) in [7, 11) is 1.28. The molecule has 3 aromatic rings. The number of aryl methyl sites for hydroxylation is 1. The van der Waals surface area contributed by atoms with E-state index in [9.17, 15) is 14.4 Å². The summed E-state index contributed by atoms with van der Waals surface area (Å²) in [5.74, 6) is -1.54. The van der Waals surface area contributed by atoms with Crippen molar-refractivity contribution in [1.82, 2.24) is 9.97 Å². The second kappa shape index (κ2) is 7.32. The summed E-state index contributed by atoms with van der Waals surface area (Å²) in [4.78, 5) is 44.0. The fourth-order valence-corrected chi connectivity index (χ4v) is 3.59. The second-order valence-electron chi connectivity index (χ2n) is 6.06. The third-order valence-electron chi connectivity index (χ3n) is 4.29. The van der Waals surface area contributed by atoms with Crippen molar-refractivity contribution in [2.45, 2.75) is 26.9 Å². The topological polar surface area (TPSA) is 98.4 Å². The van der Waals surface area contributed by atoms with E-state index in [-0.39, 0.29) is 5.69 Å². The molecule has 27 heavy (non-hydrogen) atoms. The number of fused-ring (bicyclic) bond motifs is 1. The van der Waals surface area contributed by atoms with Gasteiger partial charge in [0.2, 0.25) is 5.78 Å². The van der Waals surface area contributed by atoms with Crippen molar-refractivity contribution in [3.8, 4) is 0 Å². The normalized spacial score (nSPS) is 12.0. The van der Waals surface area contributed by atoms with Crippen LogP contribution < -0.4 is 0 Å². The van der Waals surface area contributed by atoms with Crippen LogP contribution in [-0.2, 0) is 9.47 Å². The van der Waals surface area contributed by atoms with Gasteiger partial charge in [-0.2, -0.15) is 0 Å². The fourth-order valence-electron chi connectivity index (χ4n) is 2.87. The summed E-state index contributed by atoms with van der Waals surface area (Å²) in [5, 5.41) is 0. The zero-order valence-electron chi connectivity index (χ0n) is 15.3. The summed E-state index contributed by atoms with van der Waals surface area (Å²) in [6.07, 6.45) is -1.02. The molecule has 0 bridgehead atoms. The van der Waals surface area contributed by atoms with Gasteiger partial charge < -0.3 is 14.5 Å². The van der Waals surface area contributed by atoms with E-state index in [0.717, 1.165) is 10.2 Å². The molecule has 0 fully saturated rings. The Morgan fingerprint density at radius 1 is 1.19 bits per heavy atom. The first-order chi connectivity index (χ1) is 12.8. The molecule has 2 heterocycles. The molecule has 0 aliphatic rings. The Hall–Kier alpha value is -3.00. The molecule has 0 aliphatic carbocycles. The number of thiazole rings is 1. The first kappa shape index (κ1) is 18.8. The Labute approximate surface area is 159 Å². The maximum atomic E-state index is 12.7. The maximum absolute atomic E-state index is 12.7. The number of H-pyrrole nitrogens is 1. The first-order valence-corrected chi connectivity index (χ1v) is 9.07. The largest absolute Gasteiger partial charge is 0.465 e. The lowest BCUT2D eigenvalue weighted by Crippen LogP contribution is -2.25. The quantitative estimate of drug-likeness (QED) is 0.533. The van der Waals surface area contributed by atoms with Crippen molar-refractivity contribution >= 4 is 39.3 Å². The monoisotopic (exact) mass is 386 g/mol. The molecule has 0 amide bonds. The van der Waals surface area contributed by atoms with Gasteiger partial charge in [0, 0.05) is 5.69 Å². The minimum absolute atomic E-state index is 0.228. The number of methoxy groups -OCH3 is 1. The highest BCUT2D eigenvalue weighted by Crippen LogP contribution is 2.22. The number of hydrogen-bond donors (Lipinski definition) is 1. The minimum Gasteiger partial charge on any atom is -0.465 e. The molecular weight excluding hydrogens is 368 g/mol. The van der Waals surface area contributed by atoms with Crippen molar-refractivity contribution in [2.24, 2.45) is 0 Å². The minimum atomic E-state index is -1.02. The van der Waals surface area contributed by atoms with Crippen LogP contribution >= 0.6 is 11.3 Å². The molecule has 1 atom stereocenters. The van der Waals surface area contributed by atoms with Gasteiger partial charge in [0.15, 0.2) is 6.10 Å². The van der Waals surface area contributed by atoms with Crippen LogP contribution in [0.3, 0.4) is 0 Å². The van der Waals surface area contributed by atoms with E-state index in [1.165, 1.54) is 25.4 Å². The highest BCUT2D eigenvalue weighted by molar-refractivity contribution is 7.16. The number of nitrogens with zero attached hydrogens (tertiary/aromatic N) is 1. The molecule has 3 rings (SSSR count). The van der Waals surface area contributed by atoms with Gasteiger partial charge >= 0.3 is 11.9 Å². The van der Waals surface area contributed by atoms with Gasteiger partial charge in [-0.1, -0.05) is 0 Å². The van der Waals surface area contributed by atoms with Crippen molar-refractivity contribution < 1.29 is 23.9 Å². The lowest BCUT2D eigenvalue weighted by molar-refractivity contribution is 0.0317. The van der Waals surface area contributed by atoms with Crippen molar-refractivity contribution in [3.63, 3.8) is 0 Å². The second-order valence-corrected chi connectivity index (χ2v) is 6.95. The van der Waals surface area contributed by atoms with E-state index in [0.29, 0.717) is 22.4 Å². The summed E-state index contributed by atoms with van der Waals surface area (Å²) in [5.41, 5.74) is 4.38. The third-order valence-corrected chi connectivity index (χ3v) is 5.09. The third kappa shape index (κ3) is 3.48. The van der Waals surface area contributed by atoms with Crippen LogP contribution in [0.1, 0.15) is 49.4 Å². The summed E-state index contributed by atoms with van der Waals surface area (Å²) in [6, 6.07) is 5.03. The number of Topliss-reactive ketones (excluding diaryl/α,β-unsaturated/α-hetero) is 1. The zero-order valence-corrected chi connectivity index (χ0v) is 16.1. The Morgan fingerprint density at radius 3 is 2.63 bits per heavy atom. The van der Waals surface area contributed by atoms with Gasteiger partial charge in [-0.3, -0.25) is 4.79 Å². The molecule has 0 spiro atoms. The highest BCUT2D eigenvalue weighted by Gasteiger charge is 2.27. The lowest BCUT2D eigenvalue weighted by Gasteiger charge is -2.12. The molecule has 0 aliphatic heterocycles. The van der Waals surface area contributed by atoms with Crippen LogP contribution in [0.15, 0.2) is 23.7 Å². The number of carbonyl (C=O) groups excluding carboxylic acids is 3. The molecule has 1 N–H and O–H groups in total. The maximum Gasteiger partial charge on any atom is 0.339 e. The number of benzene rings is 1. The van der Waals surface area contributed by atoms with Gasteiger partial charge in [-0.15, -0.1) is 11.3 Å². The van der Waals surface area contributed by atoms with E-state index in [1.54, 1.807) is 37.6 Å². The average molecular weight is 386 g/mol. The number of ketones is 1. The van der Waals surface area contributed by atoms with E-state index in [4.69, 9.17) is 9.47 Å². The Morgan fingerprint density at radius 2 is 1.93 bits per heavy atom. The number of esters is 2. The van der Waals surface area contributed by atoms with E-state index >= 15 is 0 Å². The number of ether oxygens (including phenoxy) is 2. The number of aromatic amines is 1. The van der Waals surface area contributed by atoms with Crippen molar-refractivity contribution in [2.75, 3.05) is 7.11 Å². The predicted octanol–water partition coefficient (Wildman–Crippen LogP) is 3.46. The molecule has 1 aromatic carbocycles. The smallest absolute Gasteiger partial charge is 0.339 e. The Bertz CT molecular complexity index is 1050. The number of nitrogens with one attached hydrogen (secondary N) is 1. The van der Waals surface area contributed by atoms with E-state index in [2.05, 4.69) is 9.97 Å². The number of aromatic nitrogens is 2. The highest BCUT2D eigenvalue weighted by atomic mass is 32.1. The number of carbonyl (C=O) groups is 3. The molecule has 7 nitrogen and oxygen atoms in total. The van der Waals surface area contributed by atoms with Gasteiger partial charge in [0.05, 0.1) is 39.7 Å². The van der Waals surface area contributed by atoms with Crippen LogP contribution in [0.5, 0.6) is 0 Å². The van der Waals surface area contributed by atoms with Gasteiger partial charge in [-0.05, 0) is 44.5 Å². The first-order valence-electron chi connectivity index (χ1n) is 8.19. The molecule has 0 saturated carbocycles. The summed E-state index contributed by atoms with van der Waals surface area (Å²) < 4.78 is 10.9. The number of rotatable bonds is 5. The fraction of sp³-hybridized carbons (Fsp3) is 0.263. The average Bonchev–Trinajstić information content (AvgIpc) is 3.23. The van der Waals surface area contributed by atoms with Gasteiger partial charge in [0.25, 0.3) is 0 Å². The molecule has 0 unspecified atom stereocenters.